The van der Waals surface area contributed by atoms with Gasteiger partial charge in [-0.3, -0.25) is 4.90 Å². The lowest BCUT2D eigenvalue weighted by atomic mass is 10.1. The van der Waals surface area contributed by atoms with E-state index in [1.807, 2.05) is 13.0 Å². The summed E-state index contributed by atoms with van der Waals surface area (Å²) in [7, 11) is -0.467. The number of furan rings is 1. The van der Waals surface area contributed by atoms with Gasteiger partial charge in [0.2, 0.25) is 0 Å². The Morgan fingerprint density at radius 1 is 1.03 bits per heavy atom. The fraction of sp³-hybridized carbons (Fsp3) is 0.364. The summed E-state index contributed by atoms with van der Waals surface area (Å²) in [5.74, 6) is 0.539. The van der Waals surface area contributed by atoms with Crippen molar-refractivity contribution in [3.05, 3.63) is 53.8 Å². The first-order valence-electron chi connectivity index (χ1n) is 9.86. The minimum atomic E-state index is -4.05. The maximum Gasteiger partial charge on any atom is 0.339 e. The molecule has 2 heterocycles. The van der Waals surface area contributed by atoms with Crippen molar-refractivity contribution < 1.29 is 21.8 Å². The summed E-state index contributed by atoms with van der Waals surface area (Å²) in [5, 5.41) is 0.736. The molecule has 1 fully saturated rings. The second-order valence-corrected chi connectivity index (χ2v) is 9.24. The molecule has 0 atom stereocenters. The van der Waals surface area contributed by atoms with E-state index < -0.39 is 10.1 Å². The van der Waals surface area contributed by atoms with Gasteiger partial charge >= 0.3 is 10.1 Å². The van der Waals surface area contributed by atoms with E-state index >= 15 is 0 Å². The Morgan fingerprint density at radius 3 is 2.53 bits per heavy atom. The number of nitrogens with zero attached hydrogens (tertiary/aromatic N) is 2. The van der Waals surface area contributed by atoms with E-state index in [2.05, 4.69) is 16.8 Å². The zero-order valence-corrected chi connectivity index (χ0v) is 18.2. The van der Waals surface area contributed by atoms with Gasteiger partial charge in [-0.1, -0.05) is 6.07 Å². The number of hydrogen-bond acceptors (Lipinski definition) is 7. The summed E-state index contributed by atoms with van der Waals surface area (Å²) >= 11 is 0. The molecule has 30 heavy (non-hydrogen) atoms. The van der Waals surface area contributed by atoms with E-state index in [4.69, 9.17) is 13.3 Å². The van der Waals surface area contributed by atoms with Gasteiger partial charge in [0.1, 0.15) is 10.5 Å². The van der Waals surface area contributed by atoms with E-state index in [-0.39, 0.29) is 10.6 Å². The third kappa shape index (κ3) is 4.30. The van der Waals surface area contributed by atoms with Crippen LogP contribution >= 0.6 is 0 Å². The van der Waals surface area contributed by atoms with E-state index in [1.165, 1.54) is 7.11 Å². The van der Waals surface area contributed by atoms with Crippen molar-refractivity contribution in [1.82, 2.24) is 9.80 Å². The predicted molar refractivity (Wildman–Crippen MR) is 115 cm³/mol. The zero-order valence-electron chi connectivity index (χ0n) is 17.4. The SMILES string of the molecule is COc1ccc(C)cc1OS(=O)(=O)c1cc(CN2CCN(C)CC2)c2occc2c1. The molecule has 1 aliphatic heterocycles. The minimum absolute atomic E-state index is 0.101. The van der Waals surface area contributed by atoms with Crippen LogP contribution in [0.3, 0.4) is 0 Å². The monoisotopic (exact) mass is 430 g/mol. The van der Waals surface area contributed by atoms with Crippen LogP contribution in [0.4, 0.5) is 0 Å². The first kappa shape index (κ1) is 20.7. The highest BCUT2D eigenvalue weighted by atomic mass is 32.2. The van der Waals surface area contributed by atoms with Gasteiger partial charge in [-0.05, 0) is 49.9 Å². The number of rotatable bonds is 6. The van der Waals surface area contributed by atoms with E-state index in [9.17, 15) is 8.42 Å². The molecular weight excluding hydrogens is 404 g/mol. The molecule has 160 valence electrons. The summed E-state index contributed by atoms with van der Waals surface area (Å²) in [6.45, 7) is 6.30. The molecule has 1 aliphatic rings. The summed E-state index contributed by atoms with van der Waals surface area (Å²) in [5.41, 5.74) is 2.42. The average Bonchev–Trinajstić information content (AvgIpc) is 3.19. The number of likely N-dealkylation sites (N-methyl/N-ethyl adjacent to an activating group) is 1. The first-order valence-corrected chi connectivity index (χ1v) is 11.3. The van der Waals surface area contributed by atoms with Crippen molar-refractivity contribution in [2.75, 3.05) is 40.3 Å². The molecular formula is C22H26N2O5S. The number of benzene rings is 2. The Hall–Kier alpha value is -2.55. The third-order valence-corrected chi connectivity index (χ3v) is 6.61. The predicted octanol–water partition coefficient (Wildman–Crippen LogP) is 3.26. The number of methoxy groups -OCH3 is 1. The molecule has 0 aliphatic carbocycles. The van der Waals surface area contributed by atoms with E-state index in [0.29, 0.717) is 17.9 Å². The Morgan fingerprint density at radius 2 is 1.80 bits per heavy atom. The lowest BCUT2D eigenvalue weighted by Crippen LogP contribution is -2.43. The number of aryl methyl sites for hydroxylation is 1. The van der Waals surface area contributed by atoms with Crippen LogP contribution in [-0.2, 0) is 16.7 Å². The van der Waals surface area contributed by atoms with Gasteiger partial charge in [-0.25, -0.2) is 0 Å². The molecule has 8 heteroatoms. The molecule has 0 unspecified atom stereocenters. The van der Waals surface area contributed by atoms with Crippen LogP contribution in [0.15, 0.2) is 52.0 Å². The highest BCUT2D eigenvalue weighted by Crippen LogP contribution is 2.32. The third-order valence-electron chi connectivity index (χ3n) is 5.40. The number of piperazine rings is 1. The second-order valence-electron chi connectivity index (χ2n) is 7.69. The highest BCUT2D eigenvalue weighted by molar-refractivity contribution is 7.87. The Labute approximate surface area is 176 Å². The minimum Gasteiger partial charge on any atom is -0.493 e. The van der Waals surface area contributed by atoms with Crippen LogP contribution in [0.2, 0.25) is 0 Å². The molecule has 0 amide bonds. The van der Waals surface area contributed by atoms with Crippen LogP contribution in [0.1, 0.15) is 11.1 Å². The maximum atomic E-state index is 13.1. The van der Waals surface area contributed by atoms with Gasteiger partial charge in [0, 0.05) is 43.7 Å². The summed E-state index contributed by atoms with van der Waals surface area (Å²) in [6, 6.07) is 10.2. The van der Waals surface area contributed by atoms with Crippen molar-refractivity contribution in [2.45, 2.75) is 18.4 Å². The van der Waals surface area contributed by atoms with Crippen molar-refractivity contribution in [1.29, 1.82) is 0 Å². The fourth-order valence-corrected chi connectivity index (χ4v) is 4.67. The molecule has 3 aromatic rings. The standard InChI is InChI=1S/C22H26N2O5S/c1-16-4-5-20(27-3)21(12-16)29-30(25,26)19-13-17-6-11-28-22(17)18(14-19)15-24-9-7-23(2)8-10-24/h4-6,11-14H,7-10,15H2,1-3H3. The smallest absolute Gasteiger partial charge is 0.339 e. The lowest BCUT2D eigenvalue weighted by Gasteiger charge is -2.32. The molecule has 1 aromatic heterocycles. The Balaban J connectivity index is 1.67. The molecule has 0 saturated carbocycles. The van der Waals surface area contributed by atoms with Crippen LogP contribution in [-0.4, -0.2) is 58.6 Å². The summed E-state index contributed by atoms with van der Waals surface area (Å²) < 4.78 is 42.6. The molecule has 0 bridgehead atoms. The van der Waals surface area contributed by atoms with Crippen molar-refractivity contribution in [2.24, 2.45) is 0 Å². The molecule has 7 nitrogen and oxygen atoms in total. The topological polar surface area (TPSA) is 72.2 Å². The van der Waals surface area contributed by atoms with Gasteiger partial charge in [-0.15, -0.1) is 0 Å². The van der Waals surface area contributed by atoms with Gasteiger partial charge in [0.25, 0.3) is 0 Å². The Bertz CT molecular complexity index is 1150. The average molecular weight is 431 g/mol. The van der Waals surface area contributed by atoms with Gasteiger partial charge in [0.15, 0.2) is 11.5 Å². The molecule has 4 rings (SSSR count). The van der Waals surface area contributed by atoms with Gasteiger partial charge in [0.05, 0.1) is 13.4 Å². The van der Waals surface area contributed by atoms with Crippen molar-refractivity contribution >= 4 is 21.1 Å². The van der Waals surface area contributed by atoms with Gasteiger partial charge in [-0.2, -0.15) is 8.42 Å². The lowest BCUT2D eigenvalue weighted by molar-refractivity contribution is 0.148. The van der Waals surface area contributed by atoms with E-state index in [1.54, 1.807) is 36.6 Å². The van der Waals surface area contributed by atoms with Gasteiger partial charge < -0.3 is 18.2 Å². The first-order chi connectivity index (χ1) is 14.4. The van der Waals surface area contributed by atoms with Crippen LogP contribution in [0.25, 0.3) is 11.0 Å². The largest absolute Gasteiger partial charge is 0.493 e. The number of hydrogen-bond donors (Lipinski definition) is 0. The van der Waals surface area contributed by atoms with Crippen molar-refractivity contribution in [3.63, 3.8) is 0 Å². The van der Waals surface area contributed by atoms with Crippen molar-refractivity contribution in [3.8, 4) is 11.5 Å². The quantitative estimate of drug-likeness (QED) is 0.556. The molecule has 0 N–H and O–H groups in total. The summed E-state index contributed by atoms with van der Waals surface area (Å²) in [4.78, 5) is 4.69. The van der Waals surface area contributed by atoms with Crippen LogP contribution < -0.4 is 8.92 Å². The second kappa shape index (κ2) is 8.29. The normalized spacial score (nSPS) is 16.1. The number of ether oxygens (including phenoxy) is 1. The number of fused-ring (bicyclic) bond motifs is 1. The zero-order chi connectivity index (χ0) is 21.3. The summed E-state index contributed by atoms with van der Waals surface area (Å²) in [6.07, 6.45) is 1.58. The molecule has 0 radical (unpaired) electrons. The van der Waals surface area contributed by atoms with Crippen LogP contribution in [0, 0.1) is 6.92 Å². The fourth-order valence-electron chi connectivity index (χ4n) is 3.65. The molecule has 2 aromatic carbocycles. The molecule has 0 spiro atoms. The Kier molecular flexibility index (Phi) is 5.73. The van der Waals surface area contributed by atoms with Crippen LogP contribution in [0.5, 0.6) is 11.5 Å². The maximum absolute atomic E-state index is 13.1. The van der Waals surface area contributed by atoms with E-state index in [0.717, 1.165) is 42.7 Å². The highest BCUT2D eigenvalue weighted by Gasteiger charge is 2.23. The molecule has 1 saturated heterocycles.